The van der Waals surface area contributed by atoms with E-state index in [0.29, 0.717) is 10.7 Å². The monoisotopic (exact) mass is 755 g/mol. The van der Waals surface area contributed by atoms with Gasteiger partial charge < -0.3 is 30.7 Å². The van der Waals surface area contributed by atoms with Crippen molar-refractivity contribution in [3.63, 3.8) is 0 Å². The number of rotatable bonds is 16. The van der Waals surface area contributed by atoms with Crippen LogP contribution >= 0.6 is 11.6 Å². The zero-order valence-corrected chi connectivity index (χ0v) is 29.5. The van der Waals surface area contributed by atoms with Crippen molar-refractivity contribution in [2.75, 3.05) is 30.9 Å². The minimum absolute atomic E-state index is 0.0156. The fourth-order valence-corrected chi connectivity index (χ4v) is 8.11. The summed E-state index contributed by atoms with van der Waals surface area (Å²) in [4.78, 5) is 63.0. The van der Waals surface area contributed by atoms with Gasteiger partial charge in [0, 0.05) is 29.2 Å². The molecule has 280 valence electrons. The summed E-state index contributed by atoms with van der Waals surface area (Å²) < 4.78 is 48.5. The normalized spacial score (nSPS) is 24.6. The number of carbonyl (C=O) groups is 4. The number of ether oxygens (including phenoxy) is 2. The van der Waals surface area contributed by atoms with E-state index in [9.17, 15) is 32.3 Å². The van der Waals surface area contributed by atoms with Crippen molar-refractivity contribution in [2.24, 2.45) is 29.1 Å². The van der Waals surface area contributed by atoms with Crippen LogP contribution in [0.1, 0.15) is 54.9 Å². The third kappa shape index (κ3) is 7.73. The summed E-state index contributed by atoms with van der Waals surface area (Å²) in [6.07, 6.45) is -1.98. The lowest BCUT2D eigenvalue weighted by Gasteiger charge is -2.19. The molecule has 2 aromatic carbocycles. The van der Waals surface area contributed by atoms with Crippen LogP contribution in [0.4, 0.5) is 30.8 Å². The first kappa shape index (κ1) is 36.4. The molecule has 1 heterocycles. The summed E-state index contributed by atoms with van der Waals surface area (Å²) in [7, 11) is 1.17. The van der Waals surface area contributed by atoms with E-state index in [2.05, 4.69) is 43.1 Å². The molecule has 53 heavy (non-hydrogen) atoms. The fraction of sp³-hybridized carbons (Fsp3) is 0.472. The van der Waals surface area contributed by atoms with Crippen molar-refractivity contribution in [3.05, 3.63) is 64.7 Å². The lowest BCUT2D eigenvalue weighted by molar-refractivity contribution is -0.154. The number of hydrogen-bond donors (Lipinski definition) is 4. The third-order valence-corrected chi connectivity index (χ3v) is 11.3. The van der Waals surface area contributed by atoms with Crippen molar-refractivity contribution in [1.29, 1.82) is 0 Å². The second kappa shape index (κ2) is 13.8. The SMILES string of the molecule is COC(=O)[C@H](CCNC(=O)C(=O)C[C@H]1CC2C3C2C31C)NC(=O)c1ccc(Nc2nc(NC3(c4ccc(Cl)cc4)CC3)nc(OCC(F)(F)F)n2)cc1. The molecule has 4 N–H and O–H groups in total. The van der Waals surface area contributed by atoms with Crippen molar-refractivity contribution >= 4 is 52.8 Å². The minimum atomic E-state index is -4.63. The second-order valence-electron chi connectivity index (χ2n) is 14.3. The first-order valence-corrected chi connectivity index (χ1v) is 17.6. The largest absolute Gasteiger partial charge is 0.467 e. The number of carbonyl (C=O) groups excluding carboxylic acids is 4. The quantitative estimate of drug-likeness (QED) is 0.115. The van der Waals surface area contributed by atoms with E-state index >= 15 is 0 Å². The van der Waals surface area contributed by atoms with Gasteiger partial charge in [-0.15, -0.1) is 0 Å². The Kier molecular flexibility index (Phi) is 9.45. The Hall–Kier alpha value is -4.99. The molecule has 13 nitrogen and oxygen atoms in total. The Morgan fingerprint density at radius 2 is 1.66 bits per heavy atom. The molecule has 5 saturated carbocycles. The van der Waals surface area contributed by atoms with Gasteiger partial charge in [0.05, 0.1) is 12.6 Å². The summed E-state index contributed by atoms with van der Waals surface area (Å²) in [6, 6.07) is 11.4. The van der Waals surface area contributed by atoms with E-state index < -0.39 is 53.9 Å². The molecule has 3 aromatic rings. The van der Waals surface area contributed by atoms with Crippen LogP contribution in [0, 0.1) is 29.1 Å². The van der Waals surface area contributed by atoms with Gasteiger partial charge in [0.15, 0.2) is 6.61 Å². The number of amides is 2. The lowest BCUT2D eigenvalue weighted by atomic mass is 9.87. The molecule has 2 unspecified atom stereocenters. The molecule has 2 amide bonds. The Balaban J connectivity index is 0.956. The molecular formula is C36H37ClF3N7O6. The summed E-state index contributed by atoms with van der Waals surface area (Å²) in [5, 5.41) is 11.8. The first-order valence-electron chi connectivity index (χ1n) is 17.3. The number of nitrogens with one attached hydrogen (secondary N) is 4. The molecule has 17 heteroatoms. The lowest BCUT2D eigenvalue weighted by Crippen LogP contribution is -2.44. The number of aromatic nitrogens is 3. The molecule has 5 aliphatic rings. The molecule has 0 aliphatic heterocycles. The van der Waals surface area contributed by atoms with Gasteiger partial charge in [-0.25, -0.2) is 4.79 Å². The van der Waals surface area contributed by atoms with Gasteiger partial charge in [0.2, 0.25) is 17.7 Å². The van der Waals surface area contributed by atoms with Crippen molar-refractivity contribution < 1.29 is 41.8 Å². The molecule has 8 rings (SSSR count). The van der Waals surface area contributed by atoms with E-state index in [-0.39, 0.29) is 48.2 Å². The van der Waals surface area contributed by atoms with Gasteiger partial charge in [0.25, 0.3) is 11.8 Å². The molecule has 1 aromatic heterocycles. The van der Waals surface area contributed by atoms with Gasteiger partial charge in [-0.2, -0.15) is 28.1 Å². The summed E-state index contributed by atoms with van der Waals surface area (Å²) >= 11 is 6.03. The van der Waals surface area contributed by atoms with Crippen LogP contribution in [0.15, 0.2) is 48.5 Å². The maximum absolute atomic E-state index is 13.1. The number of anilines is 3. The predicted molar refractivity (Wildman–Crippen MR) is 184 cm³/mol. The zero-order chi connectivity index (χ0) is 37.7. The summed E-state index contributed by atoms with van der Waals surface area (Å²) in [6.45, 7) is 0.546. The second-order valence-corrected chi connectivity index (χ2v) is 14.8. The number of halogens is 4. The molecule has 0 spiro atoms. The average Bonchev–Trinajstić information content (AvgIpc) is 4.08. The highest BCUT2D eigenvalue weighted by molar-refractivity contribution is 6.36. The maximum atomic E-state index is 13.1. The van der Waals surface area contributed by atoms with E-state index in [1.807, 2.05) is 12.1 Å². The number of esters is 1. The van der Waals surface area contributed by atoms with Gasteiger partial charge in [0.1, 0.15) is 6.04 Å². The highest BCUT2D eigenvalue weighted by Gasteiger charge is 2.87. The highest BCUT2D eigenvalue weighted by Crippen LogP contribution is 2.91. The zero-order valence-electron chi connectivity index (χ0n) is 28.8. The third-order valence-electron chi connectivity index (χ3n) is 11.0. The number of nitrogens with zero attached hydrogens (tertiary/aromatic N) is 3. The van der Waals surface area contributed by atoms with E-state index in [1.54, 1.807) is 12.1 Å². The highest BCUT2D eigenvalue weighted by atomic mass is 35.5. The molecule has 5 aliphatic carbocycles. The van der Waals surface area contributed by atoms with E-state index in [4.69, 9.17) is 21.1 Å². The smallest absolute Gasteiger partial charge is 0.422 e. The van der Waals surface area contributed by atoms with Crippen molar-refractivity contribution in [3.8, 4) is 6.01 Å². The van der Waals surface area contributed by atoms with Crippen molar-refractivity contribution in [2.45, 2.75) is 56.8 Å². The van der Waals surface area contributed by atoms with Crippen LogP contribution < -0.4 is 26.0 Å². The van der Waals surface area contributed by atoms with E-state index in [0.717, 1.165) is 42.6 Å². The van der Waals surface area contributed by atoms with Crippen LogP contribution in [0.5, 0.6) is 6.01 Å². The number of hydrogen-bond acceptors (Lipinski definition) is 11. The topological polar surface area (TPSA) is 174 Å². The molecule has 4 atom stereocenters. The number of fused-ring (bicyclic) bond motifs is 1. The maximum Gasteiger partial charge on any atom is 0.422 e. The molecule has 0 radical (unpaired) electrons. The number of Topliss-reactive ketones (excluding diaryl/α,β-unsaturated/α-hetero) is 1. The molecule has 2 bridgehead atoms. The standard InChI is InChI=1S/C36H37ClF3N7O6/c1-34-20(15-23-26(34)27(23)34)16-25(48)29(50)41-14-11-24(30(51)52-2)43-28(49)18-3-9-22(10-4-18)42-31-44-32(46-33(45-31)53-17-36(38,39)40)47-35(12-13-35)19-5-7-21(37)8-6-19/h3-10,20,23-24,26-27H,11-17H2,1-2H3,(H,41,50)(H,43,49)(H2,42,44,45,46,47)/t20-,23?,24+,26?,27?,34?/m1/s1. The van der Waals surface area contributed by atoms with Crippen LogP contribution in [0.2, 0.25) is 5.02 Å². The van der Waals surface area contributed by atoms with Gasteiger partial charge in [-0.1, -0.05) is 30.7 Å². The Labute approximate surface area is 307 Å². The van der Waals surface area contributed by atoms with Gasteiger partial charge in [-0.3, -0.25) is 14.4 Å². The first-order chi connectivity index (χ1) is 25.2. The predicted octanol–water partition coefficient (Wildman–Crippen LogP) is 4.95. The number of ketones is 1. The number of benzene rings is 2. The number of alkyl halides is 3. The van der Waals surface area contributed by atoms with Crippen LogP contribution in [0.25, 0.3) is 0 Å². The van der Waals surface area contributed by atoms with Gasteiger partial charge in [-0.05, 0) is 96.7 Å². The number of methoxy groups -OCH3 is 1. The fourth-order valence-electron chi connectivity index (χ4n) is 7.99. The van der Waals surface area contributed by atoms with E-state index in [1.165, 1.54) is 31.4 Å². The van der Waals surface area contributed by atoms with Crippen LogP contribution in [-0.2, 0) is 24.7 Å². The molecule has 0 saturated heterocycles. The average molecular weight is 756 g/mol. The van der Waals surface area contributed by atoms with Crippen LogP contribution in [0.3, 0.4) is 0 Å². The summed E-state index contributed by atoms with van der Waals surface area (Å²) in [5.74, 6) is -0.229. The minimum Gasteiger partial charge on any atom is -0.467 e. The summed E-state index contributed by atoms with van der Waals surface area (Å²) in [5.41, 5.74) is 1.12. The molecular weight excluding hydrogens is 719 g/mol. The van der Waals surface area contributed by atoms with Crippen LogP contribution in [-0.4, -0.2) is 71.0 Å². The van der Waals surface area contributed by atoms with Gasteiger partial charge >= 0.3 is 18.2 Å². The van der Waals surface area contributed by atoms with Crippen molar-refractivity contribution in [1.82, 2.24) is 25.6 Å². The molecule has 5 fully saturated rings. The Bertz CT molecular complexity index is 1920. The Morgan fingerprint density at radius 3 is 2.26 bits per heavy atom. The Morgan fingerprint density at radius 1 is 0.981 bits per heavy atom.